The molecular weight excluding hydrogens is 530 g/mol. The van der Waals surface area contributed by atoms with Crippen molar-refractivity contribution >= 4 is 39.9 Å². The zero-order valence-corrected chi connectivity index (χ0v) is 24.0. The number of urea groups is 1. The van der Waals surface area contributed by atoms with E-state index in [1.807, 2.05) is 24.3 Å². The minimum atomic E-state index is -0.531. The van der Waals surface area contributed by atoms with E-state index in [0.29, 0.717) is 29.3 Å². The van der Waals surface area contributed by atoms with E-state index < -0.39 is 10.7 Å². The summed E-state index contributed by atoms with van der Waals surface area (Å²) in [6.45, 7) is 2.54. The van der Waals surface area contributed by atoms with Crippen LogP contribution < -0.4 is 15.4 Å². The SMILES string of the molecule is CC/S(=N\C(=O)Nc1c2c(cc3c1CCC3)CCC2)c1ccc(CCNC(=O)c2cc(Cl)ccc2OC)cc1. The molecule has 0 radical (unpaired) electrons. The van der Waals surface area contributed by atoms with Crippen molar-refractivity contribution in [2.45, 2.75) is 56.8 Å². The molecule has 2 aliphatic carbocycles. The highest BCUT2D eigenvalue weighted by Crippen LogP contribution is 2.38. The number of hydrogen-bond acceptors (Lipinski definition) is 3. The van der Waals surface area contributed by atoms with Crippen LogP contribution in [0.2, 0.25) is 5.02 Å². The Morgan fingerprint density at radius 2 is 1.67 bits per heavy atom. The van der Waals surface area contributed by atoms with Gasteiger partial charge >= 0.3 is 6.03 Å². The molecule has 2 N–H and O–H groups in total. The van der Waals surface area contributed by atoms with E-state index in [9.17, 15) is 9.59 Å². The first-order valence-corrected chi connectivity index (χ1v) is 15.3. The van der Waals surface area contributed by atoms with Crippen molar-refractivity contribution in [1.29, 1.82) is 0 Å². The molecule has 0 aromatic heterocycles. The predicted octanol–water partition coefficient (Wildman–Crippen LogP) is 6.71. The zero-order chi connectivity index (χ0) is 27.4. The Labute approximate surface area is 237 Å². The third kappa shape index (κ3) is 6.20. The van der Waals surface area contributed by atoms with Crippen LogP contribution in [0.4, 0.5) is 10.5 Å². The molecule has 3 aromatic carbocycles. The summed E-state index contributed by atoms with van der Waals surface area (Å²) in [6.07, 6.45) is 7.26. The molecule has 3 amide bonds. The number of hydrogen-bond donors (Lipinski definition) is 2. The minimum absolute atomic E-state index is 0.224. The van der Waals surface area contributed by atoms with Gasteiger partial charge in [-0.3, -0.25) is 4.79 Å². The van der Waals surface area contributed by atoms with Crippen LogP contribution in [0.5, 0.6) is 5.75 Å². The Kier molecular flexibility index (Phi) is 8.68. The fraction of sp³-hybridized carbons (Fsp3) is 0.355. The quantitative estimate of drug-likeness (QED) is 0.319. The number of aryl methyl sites for hydroxylation is 2. The number of methoxy groups -OCH3 is 1. The Morgan fingerprint density at radius 3 is 2.31 bits per heavy atom. The maximum absolute atomic E-state index is 13.1. The normalized spacial score (nSPS) is 14.5. The van der Waals surface area contributed by atoms with Crippen molar-refractivity contribution in [3.8, 4) is 5.75 Å². The molecule has 0 fully saturated rings. The Bertz CT molecular complexity index is 1400. The van der Waals surface area contributed by atoms with Crippen LogP contribution in [0.15, 0.2) is 57.8 Å². The van der Waals surface area contributed by atoms with Crippen molar-refractivity contribution in [2.75, 3.05) is 24.7 Å². The first-order chi connectivity index (χ1) is 19.0. The fourth-order valence-corrected chi connectivity index (χ4v) is 7.00. The average Bonchev–Trinajstić information content (AvgIpc) is 3.62. The van der Waals surface area contributed by atoms with Crippen molar-refractivity contribution in [2.24, 2.45) is 4.36 Å². The first-order valence-electron chi connectivity index (χ1n) is 13.6. The number of anilines is 1. The molecule has 0 bridgehead atoms. The van der Waals surface area contributed by atoms with Crippen LogP contribution in [-0.4, -0.2) is 31.3 Å². The van der Waals surface area contributed by atoms with Gasteiger partial charge in [-0.25, -0.2) is 4.79 Å². The van der Waals surface area contributed by atoms with Gasteiger partial charge in [-0.15, -0.1) is 0 Å². The second-order valence-corrected chi connectivity index (χ2v) is 12.3. The highest BCUT2D eigenvalue weighted by Gasteiger charge is 2.25. The van der Waals surface area contributed by atoms with E-state index in [1.165, 1.54) is 29.4 Å². The maximum Gasteiger partial charge on any atom is 0.351 e. The number of benzene rings is 3. The van der Waals surface area contributed by atoms with Crippen molar-refractivity contribution in [1.82, 2.24) is 5.32 Å². The molecule has 1 unspecified atom stereocenters. The molecule has 3 aromatic rings. The number of amides is 3. The van der Waals surface area contributed by atoms with Crippen LogP contribution >= 0.6 is 11.6 Å². The lowest BCUT2D eigenvalue weighted by molar-refractivity contribution is 0.0951. The molecule has 0 aliphatic heterocycles. The molecular formula is C31H34ClN3O3S. The monoisotopic (exact) mass is 563 g/mol. The molecule has 1 atom stereocenters. The van der Waals surface area contributed by atoms with Gasteiger partial charge in [0.25, 0.3) is 5.91 Å². The topological polar surface area (TPSA) is 79.8 Å². The minimum Gasteiger partial charge on any atom is -0.496 e. The lowest BCUT2D eigenvalue weighted by Crippen LogP contribution is -2.26. The fourth-order valence-electron chi connectivity index (χ4n) is 5.57. The Hall–Kier alpha value is -3.16. The Balaban J connectivity index is 1.22. The molecule has 5 rings (SSSR count). The second-order valence-electron chi connectivity index (χ2n) is 9.90. The van der Waals surface area contributed by atoms with Gasteiger partial charge in [0, 0.05) is 27.9 Å². The van der Waals surface area contributed by atoms with E-state index in [0.717, 1.165) is 60.4 Å². The predicted molar refractivity (Wildman–Crippen MR) is 159 cm³/mol. The van der Waals surface area contributed by atoms with E-state index >= 15 is 0 Å². The summed E-state index contributed by atoms with van der Waals surface area (Å²) in [5, 5.41) is 6.62. The summed E-state index contributed by atoms with van der Waals surface area (Å²) in [7, 11) is 0.998. The number of fused-ring (bicyclic) bond motifs is 2. The average molecular weight is 564 g/mol. The van der Waals surface area contributed by atoms with Crippen molar-refractivity contribution in [3.63, 3.8) is 0 Å². The van der Waals surface area contributed by atoms with E-state index in [4.69, 9.17) is 16.3 Å². The molecule has 0 heterocycles. The van der Waals surface area contributed by atoms with Gasteiger partial charge in [0.05, 0.1) is 12.7 Å². The summed E-state index contributed by atoms with van der Waals surface area (Å²) in [5.41, 5.74) is 7.99. The first kappa shape index (κ1) is 27.4. The molecule has 8 heteroatoms. The molecule has 6 nitrogen and oxygen atoms in total. The summed E-state index contributed by atoms with van der Waals surface area (Å²) >= 11 is 6.05. The van der Waals surface area contributed by atoms with Gasteiger partial charge < -0.3 is 15.4 Å². The largest absolute Gasteiger partial charge is 0.496 e. The molecule has 0 saturated carbocycles. The summed E-state index contributed by atoms with van der Waals surface area (Å²) in [6, 6.07) is 15.3. The maximum atomic E-state index is 13.1. The molecule has 2 aliphatic rings. The number of rotatable bonds is 8. The van der Waals surface area contributed by atoms with Gasteiger partial charge in [0.2, 0.25) is 0 Å². The lowest BCUT2D eigenvalue weighted by atomic mass is 9.99. The highest BCUT2D eigenvalue weighted by atomic mass is 35.5. The van der Waals surface area contributed by atoms with Gasteiger partial charge in [0.1, 0.15) is 5.75 Å². The molecule has 39 heavy (non-hydrogen) atoms. The molecule has 0 spiro atoms. The Morgan fingerprint density at radius 1 is 0.974 bits per heavy atom. The second kappa shape index (κ2) is 12.3. The standard InChI is InChI=1S/C31H34ClN3O3S/c1-3-39(35-31(37)34-29-25-8-4-6-21(25)18-22-7-5-9-26(22)29)24-13-10-20(11-14-24)16-17-33-30(36)27-19-23(32)12-15-28(27)38-2/h10-15,18-19H,3-9,16-17H2,1-2H3,(H,33,36)(H,34,37). The van der Waals surface area contributed by atoms with Crippen molar-refractivity contribution in [3.05, 3.63) is 86.9 Å². The smallest absolute Gasteiger partial charge is 0.351 e. The third-order valence-corrected chi connectivity index (χ3v) is 9.46. The van der Waals surface area contributed by atoms with E-state index in [2.05, 4.69) is 28.0 Å². The van der Waals surface area contributed by atoms with Gasteiger partial charge in [-0.2, -0.15) is 4.36 Å². The van der Waals surface area contributed by atoms with Crippen LogP contribution in [-0.2, 0) is 42.8 Å². The third-order valence-electron chi connectivity index (χ3n) is 7.47. The summed E-state index contributed by atoms with van der Waals surface area (Å²) in [5.74, 6) is 1.02. The number of ether oxygens (including phenoxy) is 1. The number of nitrogens with one attached hydrogen (secondary N) is 2. The number of carbonyl (C=O) groups excluding carboxylic acids is 2. The molecule has 204 valence electrons. The number of halogens is 1. The van der Waals surface area contributed by atoms with Crippen LogP contribution in [0.3, 0.4) is 0 Å². The van der Waals surface area contributed by atoms with E-state index in [1.54, 1.807) is 18.2 Å². The summed E-state index contributed by atoms with van der Waals surface area (Å²) in [4.78, 5) is 26.7. The lowest BCUT2D eigenvalue weighted by Gasteiger charge is -2.15. The van der Waals surface area contributed by atoms with Gasteiger partial charge in [-0.1, -0.05) is 47.4 Å². The molecule has 0 saturated heterocycles. The van der Waals surface area contributed by atoms with Crippen LogP contribution in [0.1, 0.15) is 57.9 Å². The number of carbonyl (C=O) groups is 2. The van der Waals surface area contributed by atoms with Gasteiger partial charge in [0.15, 0.2) is 0 Å². The number of nitrogens with zero attached hydrogens (tertiary/aromatic N) is 1. The van der Waals surface area contributed by atoms with Crippen molar-refractivity contribution < 1.29 is 14.3 Å². The highest BCUT2D eigenvalue weighted by molar-refractivity contribution is 7.87. The van der Waals surface area contributed by atoms with Crippen LogP contribution in [0, 0.1) is 0 Å². The van der Waals surface area contributed by atoms with Crippen LogP contribution in [0.25, 0.3) is 0 Å². The zero-order valence-electron chi connectivity index (χ0n) is 22.4. The van der Waals surface area contributed by atoms with E-state index in [-0.39, 0.29) is 11.9 Å². The summed E-state index contributed by atoms with van der Waals surface area (Å²) < 4.78 is 9.86. The van der Waals surface area contributed by atoms with Gasteiger partial charge in [-0.05, 0) is 103 Å².